The fourth-order valence-electron chi connectivity index (χ4n) is 3.24. The summed E-state index contributed by atoms with van der Waals surface area (Å²) in [6.45, 7) is 1.68. The van der Waals surface area contributed by atoms with E-state index in [9.17, 15) is 0 Å². The predicted molar refractivity (Wildman–Crippen MR) is 123 cm³/mol. The van der Waals surface area contributed by atoms with Crippen LogP contribution in [0.15, 0.2) is 48.5 Å². The van der Waals surface area contributed by atoms with E-state index in [0.29, 0.717) is 15.1 Å². The lowest BCUT2D eigenvalue weighted by atomic mass is 10.1. The molecule has 0 amide bonds. The molecule has 0 spiro atoms. The zero-order chi connectivity index (χ0) is 19.7. The molecule has 4 rings (SSSR count). The highest BCUT2D eigenvalue weighted by Gasteiger charge is 2.11. The van der Waals surface area contributed by atoms with Gasteiger partial charge in [-0.25, -0.2) is 0 Å². The second-order valence-corrected chi connectivity index (χ2v) is 7.80. The molecule has 0 fully saturated rings. The summed E-state index contributed by atoms with van der Waals surface area (Å²) in [7, 11) is 1.93. The van der Waals surface area contributed by atoms with E-state index in [2.05, 4.69) is 33.1 Å². The number of halogens is 3. The Morgan fingerprint density at radius 2 is 1.61 bits per heavy atom. The van der Waals surface area contributed by atoms with Crippen LogP contribution >= 0.6 is 34.8 Å². The molecular formula is C21H19Cl3N4. The molecule has 0 atom stereocenters. The van der Waals surface area contributed by atoms with Crippen LogP contribution in [0.4, 0.5) is 17.1 Å². The van der Waals surface area contributed by atoms with E-state index in [1.54, 1.807) is 6.07 Å². The third-order valence-electron chi connectivity index (χ3n) is 4.57. The van der Waals surface area contributed by atoms with Crippen molar-refractivity contribution in [3.05, 3.63) is 63.6 Å². The van der Waals surface area contributed by atoms with Gasteiger partial charge in [0, 0.05) is 45.8 Å². The molecule has 0 saturated carbocycles. The summed E-state index contributed by atoms with van der Waals surface area (Å²) in [5.41, 5.74) is 4.92. The maximum Gasteiger partial charge on any atom is 0.0701 e. The van der Waals surface area contributed by atoms with Crippen molar-refractivity contribution in [2.45, 2.75) is 0 Å². The SMILES string of the molecule is CNCCNc1cc(Cl)cc2c1[nH]c1ccc(Nc3ccc(Cl)c(Cl)c3)cc12. The maximum atomic E-state index is 6.38. The zero-order valence-electron chi connectivity index (χ0n) is 15.2. The van der Waals surface area contributed by atoms with E-state index in [-0.39, 0.29) is 0 Å². The normalized spacial score (nSPS) is 11.3. The van der Waals surface area contributed by atoms with Crippen LogP contribution in [0.2, 0.25) is 15.1 Å². The fraction of sp³-hybridized carbons (Fsp3) is 0.143. The van der Waals surface area contributed by atoms with Crippen molar-refractivity contribution in [2.75, 3.05) is 30.8 Å². The number of anilines is 3. The third-order valence-corrected chi connectivity index (χ3v) is 5.53. The standard InChI is InChI=1S/C21H19Cl3N4/c1-25-6-7-26-20-9-12(22)8-16-15-10-13(3-5-19(15)28-21(16)20)27-14-2-4-17(23)18(24)11-14/h2-5,8-11,25-28H,6-7H2,1H3. The molecule has 4 nitrogen and oxygen atoms in total. The molecular weight excluding hydrogens is 415 g/mol. The molecule has 4 N–H and O–H groups in total. The van der Waals surface area contributed by atoms with Gasteiger partial charge in [0.1, 0.15) is 0 Å². The van der Waals surface area contributed by atoms with E-state index in [0.717, 1.165) is 52.0 Å². The molecule has 28 heavy (non-hydrogen) atoms. The van der Waals surface area contributed by atoms with Crippen LogP contribution in [0.25, 0.3) is 21.8 Å². The largest absolute Gasteiger partial charge is 0.382 e. The lowest BCUT2D eigenvalue weighted by Gasteiger charge is -2.08. The number of hydrogen-bond donors (Lipinski definition) is 4. The average molecular weight is 434 g/mol. The molecule has 0 unspecified atom stereocenters. The number of likely N-dealkylation sites (N-methyl/N-ethyl adjacent to an activating group) is 1. The number of benzene rings is 3. The fourth-order valence-corrected chi connectivity index (χ4v) is 3.76. The van der Waals surface area contributed by atoms with Crippen LogP contribution in [-0.4, -0.2) is 25.1 Å². The van der Waals surface area contributed by atoms with E-state index in [1.165, 1.54) is 0 Å². The summed E-state index contributed by atoms with van der Waals surface area (Å²) in [5, 5.41) is 13.9. The summed E-state index contributed by atoms with van der Waals surface area (Å²) >= 11 is 18.5. The van der Waals surface area contributed by atoms with Gasteiger partial charge in [0.25, 0.3) is 0 Å². The minimum atomic E-state index is 0.518. The molecule has 3 aromatic carbocycles. The molecule has 144 valence electrons. The Bertz CT molecular complexity index is 1150. The highest BCUT2D eigenvalue weighted by atomic mass is 35.5. The van der Waals surface area contributed by atoms with Crippen LogP contribution in [0.3, 0.4) is 0 Å². The maximum absolute atomic E-state index is 6.38. The molecule has 7 heteroatoms. The zero-order valence-corrected chi connectivity index (χ0v) is 17.4. The van der Waals surface area contributed by atoms with Crippen molar-refractivity contribution in [3.8, 4) is 0 Å². The van der Waals surface area contributed by atoms with Crippen LogP contribution in [0.5, 0.6) is 0 Å². The van der Waals surface area contributed by atoms with E-state index >= 15 is 0 Å². The first kappa shape index (κ1) is 19.2. The van der Waals surface area contributed by atoms with Crippen molar-refractivity contribution in [1.29, 1.82) is 0 Å². The first-order valence-corrected chi connectivity index (χ1v) is 10.0. The average Bonchev–Trinajstić information content (AvgIpc) is 3.03. The van der Waals surface area contributed by atoms with Gasteiger partial charge < -0.3 is 20.9 Å². The third kappa shape index (κ3) is 3.87. The highest BCUT2D eigenvalue weighted by Crippen LogP contribution is 2.35. The summed E-state index contributed by atoms with van der Waals surface area (Å²) in [4.78, 5) is 3.50. The Morgan fingerprint density at radius 3 is 2.39 bits per heavy atom. The van der Waals surface area contributed by atoms with Gasteiger partial charge >= 0.3 is 0 Å². The van der Waals surface area contributed by atoms with E-state index < -0.39 is 0 Å². The molecule has 4 aromatic rings. The van der Waals surface area contributed by atoms with Crippen LogP contribution in [0, 0.1) is 0 Å². The monoisotopic (exact) mass is 432 g/mol. The molecule has 1 aromatic heterocycles. The second-order valence-electron chi connectivity index (χ2n) is 6.55. The quantitative estimate of drug-likeness (QED) is 0.257. The first-order valence-electron chi connectivity index (χ1n) is 8.90. The van der Waals surface area contributed by atoms with Gasteiger partial charge in [0.05, 0.1) is 21.2 Å². The molecule has 0 radical (unpaired) electrons. The topological polar surface area (TPSA) is 51.9 Å². The highest BCUT2D eigenvalue weighted by molar-refractivity contribution is 6.42. The minimum Gasteiger partial charge on any atom is -0.382 e. The van der Waals surface area contributed by atoms with E-state index in [1.807, 2.05) is 37.4 Å². The van der Waals surface area contributed by atoms with Gasteiger partial charge in [0.15, 0.2) is 0 Å². The number of fused-ring (bicyclic) bond motifs is 3. The minimum absolute atomic E-state index is 0.518. The van der Waals surface area contributed by atoms with Crippen molar-refractivity contribution >= 4 is 73.7 Å². The lowest BCUT2D eigenvalue weighted by molar-refractivity contribution is 0.824. The first-order chi connectivity index (χ1) is 13.5. The Morgan fingerprint density at radius 1 is 0.821 bits per heavy atom. The smallest absolute Gasteiger partial charge is 0.0701 e. The van der Waals surface area contributed by atoms with E-state index in [4.69, 9.17) is 34.8 Å². The van der Waals surface area contributed by atoms with Crippen LogP contribution in [0.1, 0.15) is 0 Å². The molecule has 0 aliphatic heterocycles. The van der Waals surface area contributed by atoms with Crippen molar-refractivity contribution in [3.63, 3.8) is 0 Å². The van der Waals surface area contributed by atoms with Gasteiger partial charge in [-0.2, -0.15) is 0 Å². The summed E-state index contributed by atoms with van der Waals surface area (Å²) in [6.07, 6.45) is 0. The predicted octanol–water partition coefficient (Wildman–Crippen LogP) is 6.66. The second kappa shape index (κ2) is 8.10. The van der Waals surface area contributed by atoms with Gasteiger partial charge in [-0.3, -0.25) is 0 Å². The van der Waals surface area contributed by atoms with Gasteiger partial charge in [-0.15, -0.1) is 0 Å². The van der Waals surface area contributed by atoms with Crippen LogP contribution < -0.4 is 16.0 Å². The Balaban J connectivity index is 1.73. The summed E-state index contributed by atoms with van der Waals surface area (Å²) in [6, 6.07) is 15.6. The summed E-state index contributed by atoms with van der Waals surface area (Å²) < 4.78 is 0. The lowest BCUT2D eigenvalue weighted by Crippen LogP contribution is -2.17. The molecule has 0 aliphatic rings. The Kier molecular flexibility index (Phi) is 5.56. The molecule has 0 aliphatic carbocycles. The van der Waals surface area contributed by atoms with Crippen LogP contribution in [-0.2, 0) is 0 Å². The number of nitrogens with one attached hydrogen (secondary N) is 4. The van der Waals surface area contributed by atoms with Gasteiger partial charge in [0.2, 0.25) is 0 Å². The van der Waals surface area contributed by atoms with Gasteiger partial charge in [-0.05, 0) is 55.6 Å². The van der Waals surface area contributed by atoms with Crippen molar-refractivity contribution < 1.29 is 0 Å². The molecule has 1 heterocycles. The molecule has 0 bridgehead atoms. The number of aromatic nitrogens is 1. The number of hydrogen-bond acceptors (Lipinski definition) is 3. The summed E-state index contributed by atoms with van der Waals surface area (Å²) in [5.74, 6) is 0. The van der Waals surface area contributed by atoms with Crippen molar-refractivity contribution in [2.24, 2.45) is 0 Å². The van der Waals surface area contributed by atoms with Crippen molar-refractivity contribution in [1.82, 2.24) is 10.3 Å². The Labute approximate surface area is 178 Å². The molecule has 0 saturated heterocycles. The number of rotatable bonds is 6. The number of aromatic amines is 1. The number of H-pyrrole nitrogens is 1. The van der Waals surface area contributed by atoms with Gasteiger partial charge in [-0.1, -0.05) is 34.8 Å². The Hall–Kier alpha value is -2.11.